The number of ether oxygens (including phenoxy) is 3. The molecule has 0 bridgehead atoms. The number of nitrogens with zero attached hydrogens (tertiary/aromatic N) is 1. The minimum absolute atomic E-state index is 0.0251. The summed E-state index contributed by atoms with van der Waals surface area (Å²) in [6.07, 6.45) is 1.01. The average Bonchev–Trinajstić information content (AvgIpc) is 2.76. The molecule has 0 saturated carbocycles. The van der Waals surface area contributed by atoms with E-state index in [1.54, 1.807) is 37.4 Å². The van der Waals surface area contributed by atoms with Gasteiger partial charge in [-0.1, -0.05) is 26.0 Å². The van der Waals surface area contributed by atoms with Crippen molar-refractivity contribution in [3.8, 4) is 11.5 Å². The molecule has 8 heteroatoms. The number of carbonyl (C=O) groups is 1. The van der Waals surface area contributed by atoms with E-state index in [0.29, 0.717) is 36.4 Å². The fourth-order valence-corrected chi connectivity index (χ4v) is 5.66. The summed E-state index contributed by atoms with van der Waals surface area (Å²) in [7, 11) is -0.596. The first-order valence-electron chi connectivity index (χ1n) is 10.2. The summed E-state index contributed by atoms with van der Waals surface area (Å²) in [5, 5.41) is 0. The van der Waals surface area contributed by atoms with E-state index in [0.717, 1.165) is 12.0 Å². The van der Waals surface area contributed by atoms with Crippen LogP contribution in [-0.2, 0) is 21.4 Å². The van der Waals surface area contributed by atoms with Crippen LogP contribution in [0.4, 0.5) is 0 Å². The molecular weight excluding hydrogens is 418 g/mol. The lowest BCUT2D eigenvalue weighted by Crippen LogP contribution is -2.42. The van der Waals surface area contributed by atoms with Crippen molar-refractivity contribution < 1.29 is 27.4 Å². The Kier molecular flexibility index (Phi) is 7.23. The maximum absolute atomic E-state index is 13.1. The van der Waals surface area contributed by atoms with Crippen LogP contribution in [0.2, 0.25) is 0 Å². The van der Waals surface area contributed by atoms with Crippen LogP contribution in [0.15, 0.2) is 47.4 Å². The molecule has 0 unspecified atom stereocenters. The molecule has 1 fully saturated rings. The molecule has 7 nitrogen and oxygen atoms in total. The average molecular weight is 448 g/mol. The van der Waals surface area contributed by atoms with E-state index in [4.69, 9.17) is 14.2 Å². The van der Waals surface area contributed by atoms with E-state index in [9.17, 15) is 13.2 Å². The van der Waals surface area contributed by atoms with Crippen molar-refractivity contribution >= 4 is 16.0 Å². The molecule has 2 atom stereocenters. The third-order valence-corrected chi connectivity index (χ3v) is 7.19. The zero-order valence-electron chi connectivity index (χ0n) is 18.3. The Morgan fingerprint density at radius 1 is 1.00 bits per heavy atom. The molecule has 0 amide bonds. The van der Waals surface area contributed by atoms with Crippen LogP contribution < -0.4 is 9.47 Å². The van der Waals surface area contributed by atoms with Crippen LogP contribution in [0.5, 0.6) is 11.5 Å². The third kappa shape index (κ3) is 5.37. The number of sulfonamides is 1. The first kappa shape index (κ1) is 23.1. The lowest BCUT2D eigenvalue weighted by molar-refractivity contribution is 0.0472. The van der Waals surface area contributed by atoms with Crippen LogP contribution in [-0.4, -0.2) is 46.0 Å². The molecule has 31 heavy (non-hydrogen) atoms. The second-order valence-corrected chi connectivity index (χ2v) is 10.00. The van der Waals surface area contributed by atoms with Crippen molar-refractivity contribution in [1.29, 1.82) is 0 Å². The second kappa shape index (κ2) is 9.70. The first-order valence-corrected chi connectivity index (χ1v) is 11.7. The fraction of sp³-hybridized carbons (Fsp3) is 0.435. The standard InChI is InChI=1S/C23H29NO6S/c1-16-10-17(2)14-24(13-16)31(26,27)20-7-5-6-19(12-20)23(25)30-15-18-8-9-21(28-3)22(11-18)29-4/h5-9,11-12,16-17H,10,13-15H2,1-4H3/t16-,17-/m0/s1. The van der Waals surface area contributed by atoms with Crippen LogP contribution in [0, 0.1) is 11.8 Å². The van der Waals surface area contributed by atoms with Crippen molar-refractivity contribution in [3.05, 3.63) is 53.6 Å². The van der Waals surface area contributed by atoms with Gasteiger partial charge in [-0.3, -0.25) is 0 Å². The number of hydrogen-bond donors (Lipinski definition) is 0. The summed E-state index contributed by atoms with van der Waals surface area (Å²) in [4.78, 5) is 12.7. The zero-order chi connectivity index (χ0) is 22.6. The van der Waals surface area contributed by atoms with Crippen molar-refractivity contribution in [3.63, 3.8) is 0 Å². The fourth-order valence-electron chi connectivity index (χ4n) is 3.94. The normalized spacial score (nSPS) is 19.6. The van der Waals surface area contributed by atoms with Crippen molar-refractivity contribution in [2.75, 3.05) is 27.3 Å². The monoisotopic (exact) mass is 447 g/mol. The maximum Gasteiger partial charge on any atom is 0.338 e. The van der Waals surface area contributed by atoms with Gasteiger partial charge in [-0.25, -0.2) is 13.2 Å². The summed E-state index contributed by atoms with van der Waals surface area (Å²) >= 11 is 0. The molecular formula is C23H29NO6S. The van der Waals surface area contributed by atoms with Gasteiger partial charge in [0, 0.05) is 13.1 Å². The Balaban J connectivity index is 1.73. The lowest BCUT2D eigenvalue weighted by Gasteiger charge is -2.34. The Labute approximate surface area is 184 Å². The molecule has 0 aliphatic carbocycles. The highest BCUT2D eigenvalue weighted by molar-refractivity contribution is 7.89. The van der Waals surface area contributed by atoms with Gasteiger partial charge in [0.15, 0.2) is 11.5 Å². The summed E-state index contributed by atoms with van der Waals surface area (Å²) in [5.41, 5.74) is 0.922. The van der Waals surface area contributed by atoms with Crippen molar-refractivity contribution in [2.24, 2.45) is 11.8 Å². The van der Waals surface area contributed by atoms with Gasteiger partial charge < -0.3 is 14.2 Å². The van der Waals surface area contributed by atoms with E-state index < -0.39 is 16.0 Å². The largest absolute Gasteiger partial charge is 0.493 e. The SMILES string of the molecule is COc1ccc(COC(=O)c2cccc(S(=O)(=O)N3C[C@@H](C)C[C@H](C)C3)c2)cc1OC. The highest BCUT2D eigenvalue weighted by Crippen LogP contribution is 2.29. The third-order valence-electron chi connectivity index (χ3n) is 5.36. The van der Waals surface area contributed by atoms with Gasteiger partial charge in [0.1, 0.15) is 6.61 Å². The Bertz CT molecular complexity index is 1030. The number of esters is 1. The molecule has 0 aromatic heterocycles. The van der Waals surface area contributed by atoms with Gasteiger partial charge in [-0.2, -0.15) is 4.31 Å². The predicted molar refractivity (Wildman–Crippen MR) is 117 cm³/mol. The van der Waals surface area contributed by atoms with Crippen molar-refractivity contribution in [2.45, 2.75) is 31.8 Å². The predicted octanol–water partition coefficient (Wildman–Crippen LogP) is 3.73. The van der Waals surface area contributed by atoms with Crippen LogP contribution >= 0.6 is 0 Å². The number of carbonyl (C=O) groups excluding carboxylic acids is 1. The number of rotatable bonds is 7. The Hall–Kier alpha value is -2.58. The number of piperidine rings is 1. The van der Waals surface area contributed by atoms with Crippen molar-refractivity contribution in [1.82, 2.24) is 4.31 Å². The van der Waals surface area contributed by atoms with Gasteiger partial charge in [0.2, 0.25) is 10.0 Å². The van der Waals surface area contributed by atoms with E-state index >= 15 is 0 Å². The summed E-state index contributed by atoms with van der Waals surface area (Å²) in [5.74, 6) is 1.12. The maximum atomic E-state index is 13.1. The quantitative estimate of drug-likeness (QED) is 0.602. The second-order valence-electron chi connectivity index (χ2n) is 8.06. The molecule has 0 N–H and O–H groups in total. The molecule has 168 valence electrons. The molecule has 0 spiro atoms. The van der Waals surface area contributed by atoms with Crippen LogP contribution in [0.25, 0.3) is 0 Å². The van der Waals surface area contributed by atoms with Gasteiger partial charge in [0.05, 0.1) is 24.7 Å². The molecule has 2 aromatic carbocycles. The molecule has 1 aliphatic rings. The van der Waals surface area contributed by atoms with Gasteiger partial charge in [0.25, 0.3) is 0 Å². The minimum Gasteiger partial charge on any atom is -0.493 e. The molecule has 3 rings (SSSR count). The molecule has 1 aliphatic heterocycles. The summed E-state index contributed by atoms with van der Waals surface area (Å²) in [6, 6.07) is 11.3. The molecule has 2 aromatic rings. The number of benzene rings is 2. The van der Waals surface area contributed by atoms with Crippen LogP contribution in [0.3, 0.4) is 0 Å². The Morgan fingerprint density at radius 2 is 1.68 bits per heavy atom. The van der Waals surface area contributed by atoms with E-state index in [-0.39, 0.29) is 17.1 Å². The lowest BCUT2D eigenvalue weighted by atomic mass is 9.94. The highest BCUT2D eigenvalue weighted by Gasteiger charge is 2.32. The minimum atomic E-state index is -3.67. The number of methoxy groups -OCH3 is 2. The topological polar surface area (TPSA) is 82.1 Å². The molecule has 0 radical (unpaired) electrons. The Morgan fingerprint density at radius 3 is 2.32 bits per heavy atom. The van der Waals surface area contributed by atoms with Gasteiger partial charge >= 0.3 is 5.97 Å². The van der Waals surface area contributed by atoms with E-state index in [1.165, 1.54) is 23.5 Å². The highest BCUT2D eigenvalue weighted by atomic mass is 32.2. The molecule has 1 saturated heterocycles. The zero-order valence-corrected chi connectivity index (χ0v) is 19.1. The van der Waals surface area contributed by atoms with Gasteiger partial charge in [-0.15, -0.1) is 0 Å². The smallest absolute Gasteiger partial charge is 0.338 e. The first-order chi connectivity index (χ1) is 14.7. The molecule has 1 heterocycles. The summed E-state index contributed by atoms with van der Waals surface area (Å²) in [6.45, 7) is 5.11. The van der Waals surface area contributed by atoms with E-state index in [1.807, 2.05) is 0 Å². The summed E-state index contributed by atoms with van der Waals surface area (Å²) < 4.78 is 43.6. The van der Waals surface area contributed by atoms with Crippen LogP contribution in [0.1, 0.15) is 36.2 Å². The van der Waals surface area contributed by atoms with E-state index in [2.05, 4.69) is 13.8 Å². The van der Waals surface area contributed by atoms with Gasteiger partial charge in [-0.05, 0) is 54.2 Å². The number of hydrogen-bond acceptors (Lipinski definition) is 6.